The summed E-state index contributed by atoms with van der Waals surface area (Å²) in [7, 11) is 0. The molecule has 32 heavy (non-hydrogen) atoms. The van der Waals surface area contributed by atoms with Gasteiger partial charge in [-0.1, -0.05) is 29.3 Å². The second-order valence-corrected chi connectivity index (χ2v) is 8.65. The van der Waals surface area contributed by atoms with E-state index in [1.807, 2.05) is 13.0 Å². The number of nitrogens with one attached hydrogen (secondary N) is 1. The van der Waals surface area contributed by atoms with Crippen molar-refractivity contribution in [2.75, 3.05) is 11.9 Å². The van der Waals surface area contributed by atoms with Crippen LogP contribution in [0.2, 0.25) is 10.0 Å². The fraction of sp³-hybridized carbons (Fsp3) is 0.174. The first kappa shape index (κ1) is 23.6. The summed E-state index contributed by atoms with van der Waals surface area (Å²) >= 11 is 13.5. The highest BCUT2D eigenvalue weighted by molar-refractivity contribution is 7.16. The van der Waals surface area contributed by atoms with Crippen LogP contribution in [0.25, 0.3) is 17.4 Å². The third-order valence-corrected chi connectivity index (χ3v) is 6.53. The quantitative estimate of drug-likeness (QED) is 0.238. The predicted molar refractivity (Wildman–Crippen MR) is 126 cm³/mol. The van der Waals surface area contributed by atoms with Gasteiger partial charge in [0.25, 0.3) is 5.91 Å². The van der Waals surface area contributed by atoms with Gasteiger partial charge in [0.1, 0.15) is 28.2 Å². The molecule has 3 aromatic rings. The summed E-state index contributed by atoms with van der Waals surface area (Å²) in [4.78, 5) is 25.9. The number of anilines is 1. The van der Waals surface area contributed by atoms with E-state index in [0.29, 0.717) is 26.4 Å². The molecule has 2 aromatic heterocycles. The van der Waals surface area contributed by atoms with Gasteiger partial charge in [-0.3, -0.25) is 4.79 Å². The van der Waals surface area contributed by atoms with E-state index in [1.165, 1.54) is 17.4 Å². The van der Waals surface area contributed by atoms with Gasteiger partial charge in [0.15, 0.2) is 0 Å². The SMILES string of the molecule is CCOC(=O)c1c(NC(=O)/C(C#N)=C/c2ccc(-c3cccc(Cl)c3Cl)o2)sc(C)c1C. The third-order valence-electron chi connectivity index (χ3n) is 4.59. The second kappa shape index (κ2) is 10.0. The van der Waals surface area contributed by atoms with E-state index < -0.39 is 11.9 Å². The Kier molecular flexibility index (Phi) is 7.41. The van der Waals surface area contributed by atoms with E-state index in [-0.39, 0.29) is 23.5 Å². The number of esters is 1. The first-order valence-electron chi connectivity index (χ1n) is 9.51. The highest BCUT2D eigenvalue weighted by Gasteiger charge is 2.23. The van der Waals surface area contributed by atoms with Gasteiger partial charge in [0.2, 0.25) is 0 Å². The van der Waals surface area contributed by atoms with Gasteiger partial charge in [-0.2, -0.15) is 5.26 Å². The number of ether oxygens (including phenoxy) is 1. The number of nitrogens with zero attached hydrogens (tertiary/aromatic N) is 1. The van der Waals surface area contributed by atoms with Crippen LogP contribution in [-0.2, 0) is 9.53 Å². The minimum absolute atomic E-state index is 0.193. The van der Waals surface area contributed by atoms with Crippen LogP contribution >= 0.6 is 34.5 Å². The molecule has 164 valence electrons. The number of hydrogen-bond donors (Lipinski definition) is 1. The first-order chi connectivity index (χ1) is 15.3. The average Bonchev–Trinajstić information content (AvgIpc) is 3.32. The Labute approximate surface area is 199 Å². The van der Waals surface area contributed by atoms with Crippen molar-refractivity contribution in [1.82, 2.24) is 0 Å². The molecule has 0 bridgehead atoms. The number of amides is 1. The highest BCUT2D eigenvalue weighted by atomic mass is 35.5. The maximum absolute atomic E-state index is 12.7. The molecule has 0 fully saturated rings. The zero-order valence-electron chi connectivity index (χ0n) is 17.4. The number of thiophene rings is 1. The number of aryl methyl sites for hydroxylation is 1. The summed E-state index contributed by atoms with van der Waals surface area (Å²) in [6.07, 6.45) is 1.31. The summed E-state index contributed by atoms with van der Waals surface area (Å²) < 4.78 is 10.8. The maximum atomic E-state index is 12.7. The van der Waals surface area contributed by atoms with Crippen molar-refractivity contribution in [2.24, 2.45) is 0 Å². The molecule has 0 aliphatic carbocycles. The largest absolute Gasteiger partial charge is 0.462 e. The number of carbonyl (C=O) groups excluding carboxylic acids is 2. The molecule has 1 amide bonds. The van der Waals surface area contributed by atoms with Crippen LogP contribution in [-0.4, -0.2) is 18.5 Å². The van der Waals surface area contributed by atoms with Gasteiger partial charge in [-0.25, -0.2) is 4.79 Å². The molecule has 0 radical (unpaired) electrons. The molecular formula is C23H18Cl2N2O4S. The topological polar surface area (TPSA) is 92.3 Å². The number of hydrogen-bond acceptors (Lipinski definition) is 6. The molecule has 0 spiro atoms. The lowest BCUT2D eigenvalue weighted by molar-refractivity contribution is -0.112. The van der Waals surface area contributed by atoms with Gasteiger partial charge in [-0.15, -0.1) is 11.3 Å². The molecule has 0 saturated carbocycles. The van der Waals surface area contributed by atoms with Crippen LogP contribution < -0.4 is 5.32 Å². The summed E-state index contributed by atoms with van der Waals surface area (Å²) in [5, 5.41) is 13.2. The van der Waals surface area contributed by atoms with E-state index in [4.69, 9.17) is 32.4 Å². The van der Waals surface area contributed by atoms with E-state index >= 15 is 0 Å². The molecule has 0 aliphatic rings. The Morgan fingerprint density at radius 2 is 2.00 bits per heavy atom. The maximum Gasteiger partial charge on any atom is 0.341 e. The Balaban J connectivity index is 1.87. The standard InChI is InChI=1S/C23H18Cl2N2O4S/c1-4-30-23(29)19-12(2)13(3)32-22(19)27-21(28)14(11-26)10-15-8-9-18(31-15)16-6-5-7-17(24)20(16)25/h5-10H,4H2,1-3H3,(H,27,28)/b14-10+. The lowest BCUT2D eigenvalue weighted by Crippen LogP contribution is -2.16. The van der Waals surface area contributed by atoms with Crippen LogP contribution in [0.5, 0.6) is 0 Å². The Bertz CT molecular complexity index is 1270. The molecule has 2 heterocycles. The van der Waals surface area contributed by atoms with Gasteiger partial charge < -0.3 is 14.5 Å². The number of carbonyl (C=O) groups is 2. The molecule has 9 heteroatoms. The van der Waals surface area contributed by atoms with Crippen LogP contribution in [0, 0.1) is 25.2 Å². The minimum Gasteiger partial charge on any atom is -0.462 e. The zero-order valence-corrected chi connectivity index (χ0v) is 19.7. The Hall–Kier alpha value is -3.05. The summed E-state index contributed by atoms with van der Waals surface area (Å²) in [6.45, 7) is 5.53. The fourth-order valence-electron chi connectivity index (χ4n) is 2.89. The molecule has 0 atom stereocenters. The normalized spacial score (nSPS) is 11.2. The van der Waals surface area contributed by atoms with Crippen LogP contribution in [0.4, 0.5) is 5.00 Å². The Morgan fingerprint density at radius 1 is 1.25 bits per heavy atom. The average molecular weight is 489 g/mol. The lowest BCUT2D eigenvalue weighted by atomic mass is 10.1. The van der Waals surface area contributed by atoms with Crippen molar-refractivity contribution >= 4 is 57.5 Å². The first-order valence-corrected chi connectivity index (χ1v) is 11.1. The zero-order chi connectivity index (χ0) is 23.4. The molecule has 1 aromatic carbocycles. The summed E-state index contributed by atoms with van der Waals surface area (Å²) in [5.41, 5.74) is 1.41. The number of rotatable bonds is 6. The lowest BCUT2D eigenvalue weighted by Gasteiger charge is -2.06. The molecular weight excluding hydrogens is 471 g/mol. The summed E-state index contributed by atoms with van der Waals surface area (Å²) in [6, 6.07) is 10.3. The summed E-state index contributed by atoms with van der Waals surface area (Å²) in [5.74, 6) is -0.471. The van der Waals surface area contributed by atoms with E-state index in [1.54, 1.807) is 44.2 Å². The highest BCUT2D eigenvalue weighted by Crippen LogP contribution is 2.35. The van der Waals surface area contributed by atoms with Gasteiger partial charge >= 0.3 is 5.97 Å². The fourth-order valence-corrected chi connectivity index (χ4v) is 4.33. The smallest absolute Gasteiger partial charge is 0.341 e. The van der Waals surface area contributed by atoms with Crippen LogP contribution in [0.1, 0.15) is 33.5 Å². The van der Waals surface area contributed by atoms with Crippen molar-refractivity contribution < 1.29 is 18.7 Å². The van der Waals surface area contributed by atoms with Crippen molar-refractivity contribution in [3.05, 3.63) is 67.7 Å². The molecule has 0 saturated heterocycles. The van der Waals surface area contributed by atoms with Crippen molar-refractivity contribution in [1.29, 1.82) is 5.26 Å². The van der Waals surface area contributed by atoms with Crippen molar-refractivity contribution in [3.8, 4) is 17.4 Å². The van der Waals surface area contributed by atoms with Crippen LogP contribution in [0.15, 0.2) is 40.3 Å². The number of benzene rings is 1. The van der Waals surface area contributed by atoms with E-state index in [9.17, 15) is 14.9 Å². The Morgan fingerprint density at radius 3 is 2.69 bits per heavy atom. The molecule has 6 nitrogen and oxygen atoms in total. The van der Waals surface area contributed by atoms with E-state index in [0.717, 1.165) is 10.4 Å². The number of furan rings is 1. The molecule has 0 aliphatic heterocycles. The van der Waals surface area contributed by atoms with E-state index in [2.05, 4.69) is 5.32 Å². The van der Waals surface area contributed by atoms with Crippen molar-refractivity contribution in [2.45, 2.75) is 20.8 Å². The van der Waals surface area contributed by atoms with Crippen molar-refractivity contribution in [3.63, 3.8) is 0 Å². The van der Waals surface area contributed by atoms with Crippen LogP contribution in [0.3, 0.4) is 0 Å². The second-order valence-electron chi connectivity index (χ2n) is 6.64. The van der Waals surface area contributed by atoms with Gasteiger partial charge in [0.05, 0.1) is 22.2 Å². The number of nitriles is 1. The molecule has 0 unspecified atom stereocenters. The van der Waals surface area contributed by atoms with Gasteiger partial charge in [-0.05, 0) is 50.6 Å². The third kappa shape index (κ3) is 4.89. The van der Waals surface area contributed by atoms with Gasteiger partial charge in [0, 0.05) is 16.5 Å². The monoisotopic (exact) mass is 488 g/mol. The molecule has 3 rings (SSSR count). The molecule has 1 N–H and O–H groups in total. The minimum atomic E-state index is -0.668. The predicted octanol–water partition coefficient (Wildman–Crippen LogP) is 6.65. The number of halogens is 2.